The zero-order valence-electron chi connectivity index (χ0n) is 12.4. The zero-order chi connectivity index (χ0) is 14.7. The first-order valence-corrected chi connectivity index (χ1v) is 8.39. The molecule has 0 aliphatic carbocycles. The summed E-state index contributed by atoms with van der Waals surface area (Å²) >= 11 is 6.01. The second kappa shape index (κ2) is 6.80. The Morgan fingerprint density at radius 1 is 1.29 bits per heavy atom. The van der Waals surface area contributed by atoms with Gasteiger partial charge in [-0.25, -0.2) is 0 Å². The van der Waals surface area contributed by atoms with Crippen molar-refractivity contribution in [3.05, 3.63) is 34.9 Å². The molecule has 114 valence electrons. The van der Waals surface area contributed by atoms with Gasteiger partial charge in [0.15, 0.2) is 0 Å². The number of benzene rings is 1. The van der Waals surface area contributed by atoms with Crippen LogP contribution in [-0.2, 0) is 11.2 Å². The number of amides is 1. The Morgan fingerprint density at radius 2 is 2.19 bits per heavy atom. The number of hydrogen-bond donors (Lipinski definition) is 1. The van der Waals surface area contributed by atoms with Gasteiger partial charge in [-0.15, -0.1) is 0 Å². The fourth-order valence-electron chi connectivity index (χ4n) is 3.65. The number of likely N-dealkylation sites (tertiary alicyclic amines) is 1. The van der Waals surface area contributed by atoms with Crippen molar-refractivity contribution < 1.29 is 4.79 Å². The summed E-state index contributed by atoms with van der Waals surface area (Å²) in [6, 6.07) is 8.52. The quantitative estimate of drug-likeness (QED) is 0.931. The van der Waals surface area contributed by atoms with E-state index in [2.05, 4.69) is 10.2 Å². The molecule has 2 unspecified atom stereocenters. The van der Waals surface area contributed by atoms with Crippen LogP contribution >= 0.6 is 11.6 Å². The maximum absolute atomic E-state index is 12.7. The molecular weight excluding hydrogens is 284 g/mol. The standard InChI is InChI=1S/C17H23ClN2O/c18-14-6-3-5-13(11-14)12-17(21)20-10-2-1-8-16(20)15-7-4-9-19-15/h3,5-6,11,15-16,19H,1-2,4,7-10,12H2. The van der Waals surface area contributed by atoms with E-state index in [1.807, 2.05) is 24.3 Å². The van der Waals surface area contributed by atoms with E-state index in [0.717, 1.165) is 31.5 Å². The maximum atomic E-state index is 12.7. The average molecular weight is 307 g/mol. The van der Waals surface area contributed by atoms with Crippen molar-refractivity contribution in [2.24, 2.45) is 0 Å². The average Bonchev–Trinajstić information content (AvgIpc) is 3.01. The predicted octanol–water partition coefficient (Wildman–Crippen LogP) is 3.02. The molecule has 2 aliphatic rings. The number of piperidine rings is 1. The monoisotopic (exact) mass is 306 g/mol. The Balaban J connectivity index is 1.68. The number of nitrogens with zero attached hydrogens (tertiary/aromatic N) is 1. The first-order chi connectivity index (χ1) is 10.2. The van der Waals surface area contributed by atoms with Gasteiger partial charge in [0.1, 0.15) is 0 Å². The van der Waals surface area contributed by atoms with Crippen LogP contribution in [0, 0.1) is 0 Å². The highest BCUT2D eigenvalue weighted by molar-refractivity contribution is 6.30. The van der Waals surface area contributed by atoms with Crippen molar-refractivity contribution >= 4 is 17.5 Å². The third kappa shape index (κ3) is 3.58. The fourth-order valence-corrected chi connectivity index (χ4v) is 3.86. The highest BCUT2D eigenvalue weighted by Gasteiger charge is 2.33. The summed E-state index contributed by atoms with van der Waals surface area (Å²) in [5, 5.41) is 4.27. The first-order valence-electron chi connectivity index (χ1n) is 8.01. The Morgan fingerprint density at radius 3 is 2.95 bits per heavy atom. The summed E-state index contributed by atoms with van der Waals surface area (Å²) in [7, 11) is 0. The molecule has 2 aliphatic heterocycles. The summed E-state index contributed by atoms with van der Waals surface area (Å²) in [5.41, 5.74) is 1.01. The van der Waals surface area contributed by atoms with Gasteiger partial charge < -0.3 is 10.2 Å². The van der Waals surface area contributed by atoms with E-state index in [9.17, 15) is 4.79 Å². The summed E-state index contributed by atoms with van der Waals surface area (Å²) in [6.07, 6.45) is 6.40. The predicted molar refractivity (Wildman–Crippen MR) is 85.5 cm³/mol. The van der Waals surface area contributed by atoms with Crippen LogP contribution in [0.1, 0.15) is 37.7 Å². The lowest BCUT2D eigenvalue weighted by Crippen LogP contribution is -2.53. The van der Waals surface area contributed by atoms with Crippen molar-refractivity contribution in [3.8, 4) is 0 Å². The zero-order valence-corrected chi connectivity index (χ0v) is 13.1. The van der Waals surface area contributed by atoms with Crippen molar-refractivity contribution in [3.63, 3.8) is 0 Å². The summed E-state index contributed by atoms with van der Waals surface area (Å²) in [6.45, 7) is 2.00. The third-order valence-electron chi connectivity index (χ3n) is 4.68. The van der Waals surface area contributed by atoms with E-state index in [1.54, 1.807) is 0 Å². The minimum absolute atomic E-state index is 0.246. The molecule has 3 nitrogen and oxygen atoms in total. The van der Waals surface area contributed by atoms with Crippen LogP contribution < -0.4 is 5.32 Å². The van der Waals surface area contributed by atoms with Crippen molar-refractivity contribution in [1.82, 2.24) is 10.2 Å². The van der Waals surface area contributed by atoms with Crippen LogP contribution in [0.25, 0.3) is 0 Å². The molecule has 2 atom stereocenters. The highest BCUT2D eigenvalue weighted by atomic mass is 35.5. The van der Waals surface area contributed by atoms with Gasteiger partial charge in [0, 0.05) is 23.7 Å². The molecule has 2 heterocycles. The van der Waals surface area contributed by atoms with Crippen molar-refractivity contribution in [1.29, 1.82) is 0 Å². The van der Waals surface area contributed by atoms with Gasteiger partial charge in [-0.1, -0.05) is 23.7 Å². The molecule has 0 aromatic heterocycles. The van der Waals surface area contributed by atoms with Gasteiger partial charge in [-0.05, 0) is 56.3 Å². The summed E-state index contributed by atoms with van der Waals surface area (Å²) in [5.74, 6) is 0.246. The lowest BCUT2D eigenvalue weighted by molar-refractivity contribution is -0.134. The molecule has 0 spiro atoms. The molecule has 0 bridgehead atoms. The number of nitrogens with one attached hydrogen (secondary N) is 1. The van der Waals surface area contributed by atoms with Gasteiger partial charge in [-0.2, -0.15) is 0 Å². The Hall–Kier alpha value is -1.06. The molecule has 21 heavy (non-hydrogen) atoms. The van der Waals surface area contributed by atoms with Gasteiger partial charge in [-0.3, -0.25) is 4.79 Å². The number of hydrogen-bond acceptors (Lipinski definition) is 2. The molecule has 2 fully saturated rings. The highest BCUT2D eigenvalue weighted by Crippen LogP contribution is 2.25. The minimum atomic E-state index is 0.246. The van der Waals surface area contributed by atoms with Crippen LogP contribution in [0.3, 0.4) is 0 Å². The van der Waals surface area contributed by atoms with E-state index >= 15 is 0 Å². The van der Waals surface area contributed by atoms with E-state index in [0.29, 0.717) is 23.5 Å². The van der Waals surface area contributed by atoms with Gasteiger partial charge >= 0.3 is 0 Å². The van der Waals surface area contributed by atoms with Gasteiger partial charge in [0.25, 0.3) is 0 Å². The fraction of sp³-hybridized carbons (Fsp3) is 0.588. The van der Waals surface area contributed by atoms with Crippen molar-refractivity contribution in [2.75, 3.05) is 13.1 Å². The van der Waals surface area contributed by atoms with Crippen LogP contribution in [0.2, 0.25) is 5.02 Å². The molecule has 0 radical (unpaired) electrons. The van der Waals surface area contributed by atoms with Crippen LogP contribution in [-0.4, -0.2) is 36.0 Å². The largest absolute Gasteiger partial charge is 0.338 e. The van der Waals surface area contributed by atoms with E-state index in [-0.39, 0.29) is 5.91 Å². The van der Waals surface area contributed by atoms with E-state index < -0.39 is 0 Å². The molecular formula is C17H23ClN2O. The smallest absolute Gasteiger partial charge is 0.227 e. The number of carbonyl (C=O) groups is 1. The molecule has 2 saturated heterocycles. The Bertz CT molecular complexity index is 499. The SMILES string of the molecule is O=C(Cc1cccc(Cl)c1)N1CCCCC1C1CCCN1. The van der Waals surface area contributed by atoms with Gasteiger partial charge in [0.05, 0.1) is 6.42 Å². The first kappa shape index (κ1) is 14.9. The number of carbonyl (C=O) groups excluding carboxylic acids is 1. The Kier molecular flexibility index (Phi) is 4.81. The topological polar surface area (TPSA) is 32.3 Å². The minimum Gasteiger partial charge on any atom is -0.338 e. The molecule has 1 amide bonds. The maximum Gasteiger partial charge on any atom is 0.227 e. The molecule has 1 aromatic carbocycles. The van der Waals surface area contributed by atoms with E-state index in [4.69, 9.17) is 11.6 Å². The van der Waals surface area contributed by atoms with Crippen LogP contribution in [0.4, 0.5) is 0 Å². The Labute approximate surface area is 131 Å². The molecule has 4 heteroatoms. The second-order valence-corrected chi connectivity index (χ2v) is 6.60. The van der Waals surface area contributed by atoms with Crippen LogP contribution in [0.15, 0.2) is 24.3 Å². The van der Waals surface area contributed by atoms with Crippen molar-refractivity contribution in [2.45, 2.75) is 50.6 Å². The molecule has 0 saturated carbocycles. The molecule has 1 N–H and O–H groups in total. The van der Waals surface area contributed by atoms with Gasteiger partial charge in [0.2, 0.25) is 5.91 Å². The summed E-state index contributed by atoms with van der Waals surface area (Å²) in [4.78, 5) is 14.8. The lowest BCUT2D eigenvalue weighted by Gasteiger charge is -2.39. The molecule has 1 aromatic rings. The number of halogens is 1. The third-order valence-corrected chi connectivity index (χ3v) is 4.91. The summed E-state index contributed by atoms with van der Waals surface area (Å²) < 4.78 is 0. The van der Waals surface area contributed by atoms with E-state index in [1.165, 1.54) is 19.3 Å². The van der Waals surface area contributed by atoms with Crippen LogP contribution in [0.5, 0.6) is 0 Å². The lowest BCUT2D eigenvalue weighted by atomic mass is 9.94. The molecule has 3 rings (SSSR count). The number of rotatable bonds is 3. The normalized spacial score (nSPS) is 26.0. The second-order valence-electron chi connectivity index (χ2n) is 6.16.